The molecule has 4 nitrogen and oxygen atoms in total. The van der Waals surface area contributed by atoms with Crippen molar-refractivity contribution in [3.63, 3.8) is 0 Å². The third kappa shape index (κ3) is 2.91. The Morgan fingerprint density at radius 2 is 1.83 bits per heavy atom. The monoisotopic (exact) mass is 308 g/mol. The quantitative estimate of drug-likeness (QED) is 0.840. The first-order chi connectivity index (χ1) is 8.23. The summed E-state index contributed by atoms with van der Waals surface area (Å²) in [7, 11) is -3.70. The summed E-state index contributed by atoms with van der Waals surface area (Å²) in [5.41, 5.74) is 5.94. The van der Waals surface area contributed by atoms with E-state index in [1.165, 1.54) is 12.1 Å². The van der Waals surface area contributed by atoms with Gasteiger partial charge < -0.3 is 5.73 Å². The van der Waals surface area contributed by atoms with E-state index in [1.54, 1.807) is 0 Å². The van der Waals surface area contributed by atoms with Gasteiger partial charge in [-0.1, -0.05) is 30.1 Å². The van der Waals surface area contributed by atoms with Crippen LogP contribution >= 0.6 is 23.2 Å². The Kier molecular flexibility index (Phi) is 3.53. The van der Waals surface area contributed by atoms with Gasteiger partial charge in [-0.15, -0.1) is 0 Å². The lowest BCUT2D eigenvalue weighted by molar-refractivity contribution is 0.530. The number of benzene rings is 1. The predicted molar refractivity (Wildman–Crippen MR) is 73.4 cm³/mol. The van der Waals surface area contributed by atoms with Crippen molar-refractivity contribution in [1.29, 1.82) is 0 Å². The smallest absolute Gasteiger partial charge is 0.243 e. The summed E-state index contributed by atoms with van der Waals surface area (Å²) < 4.78 is 26.8. The Hall–Kier alpha value is -0.490. The highest BCUT2D eigenvalue weighted by Gasteiger charge is 2.38. The number of rotatable bonds is 4. The number of anilines is 1. The number of nitrogens with two attached hydrogens (primary N) is 1. The first kappa shape index (κ1) is 13.9. The number of sulfonamides is 1. The fourth-order valence-corrected chi connectivity index (χ4v) is 4.00. The molecule has 1 aromatic carbocycles. The molecule has 1 aromatic rings. The van der Waals surface area contributed by atoms with Gasteiger partial charge in [-0.3, -0.25) is 0 Å². The Morgan fingerprint density at radius 3 is 2.28 bits per heavy atom. The van der Waals surface area contributed by atoms with E-state index in [0.29, 0.717) is 12.2 Å². The summed E-state index contributed by atoms with van der Waals surface area (Å²) in [5.74, 6) is 0. The topological polar surface area (TPSA) is 72.2 Å². The fourth-order valence-electron chi connectivity index (χ4n) is 1.57. The van der Waals surface area contributed by atoms with E-state index >= 15 is 0 Å². The molecule has 2 rings (SSSR count). The number of hydrogen-bond donors (Lipinski definition) is 2. The van der Waals surface area contributed by atoms with Crippen LogP contribution in [-0.4, -0.2) is 15.0 Å². The second-order valence-electron chi connectivity index (χ2n) is 4.95. The minimum absolute atomic E-state index is 0.0356. The number of hydrogen-bond acceptors (Lipinski definition) is 3. The van der Waals surface area contributed by atoms with Crippen molar-refractivity contribution in [3.05, 3.63) is 22.2 Å². The molecule has 100 valence electrons. The highest BCUT2D eigenvalue weighted by atomic mass is 35.5. The molecule has 0 atom stereocenters. The summed E-state index contributed by atoms with van der Waals surface area (Å²) in [5, 5.41) is 0.0712. The molecule has 1 aliphatic rings. The van der Waals surface area contributed by atoms with Gasteiger partial charge in [-0.2, -0.15) is 0 Å². The summed E-state index contributed by atoms with van der Waals surface area (Å²) in [6, 6.07) is 2.75. The van der Waals surface area contributed by atoms with Crippen LogP contribution in [0.2, 0.25) is 10.0 Å². The van der Waals surface area contributed by atoms with Crippen molar-refractivity contribution in [3.8, 4) is 0 Å². The predicted octanol–water partition coefficient (Wildman–Crippen LogP) is 2.65. The van der Waals surface area contributed by atoms with Crippen LogP contribution in [0, 0.1) is 5.41 Å². The lowest BCUT2D eigenvalue weighted by atomic mass is 10.2. The first-order valence-corrected chi connectivity index (χ1v) is 7.72. The van der Waals surface area contributed by atoms with Crippen LogP contribution < -0.4 is 10.5 Å². The molecule has 18 heavy (non-hydrogen) atoms. The number of halogens is 2. The van der Waals surface area contributed by atoms with E-state index in [9.17, 15) is 8.42 Å². The molecule has 0 heterocycles. The van der Waals surface area contributed by atoms with Crippen molar-refractivity contribution >= 4 is 38.9 Å². The molecule has 0 aliphatic heterocycles. The van der Waals surface area contributed by atoms with Gasteiger partial charge in [0.25, 0.3) is 0 Å². The molecule has 1 saturated carbocycles. The van der Waals surface area contributed by atoms with E-state index in [0.717, 1.165) is 12.8 Å². The second kappa shape index (κ2) is 4.56. The van der Waals surface area contributed by atoms with Gasteiger partial charge in [-0.05, 0) is 30.4 Å². The van der Waals surface area contributed by atoms with Crippen LogP contribution in [0.25, 0.3) is 0 Å². The third-order valence-electron chi connectivity index (χ3n) is 3.08. The third-order valence-corrected chi connectivity index (χ3v) is 5.40. The maximum Gasteiger partial charge on any atom is 0.243 e. The summed E-state index contributed by atoms with van der Waals surface area (Å²) >= 11 is 11.8. The largest absolute Gasteiger partial charge is 0.399 e. The lowest BCUT2D eigenvalue weighted by Gasteiger charge is -2.13. The highest BCUT2D eigenvalue weighted by molar-refractivity contribution is 7.89. The van der Waals surface area contributed by atoms with E-state index < -0.39 is 10.0 Å². The Morgan fingerprint density at radius 1 is 1.33 bits per heavy atom. The van der Waals surface area contributed by atoms with Crippen LogP contribution in [0.15, 0.2) is 17.0 Å². The minimum atomic E-state index is -3.70. The van der Waals surface area contributed by atoms with Crippen molar-refractivity contribution in [2.45, 2.75) is 24.7 Å². The Balaban J connectivity index is 2.29. The van der Waals surface area contributed by atoms with Crippen molar-refractivity contribution in [2.24, 2.45) is 5.41 Å². The van der Waals surface area contributed by atoms with Gasteiger partial charge in [-0.25, -0.2) is 13.1 Å². The highest BCUT2D eigenvalue weighted by Crippen LogP contribution is 2.44. The average Bonchev–Trinajstić information content (AvgIpc) is 2.92. The molecule has 0 unspecified atom stereocenters. The van der Waals surface area contributed by atoms with Gasteiger partial charge in [0, 0.05) is 12.2 Å². The van der Waals surface area contributed by atoms with E-state index in [4.69, 9.17) is 28.9 Å². The molecule has 1 fully saturated rings. The second-order valence-corrected chi connectivity index (χ2v) is 7.47. The molecule has 0 amide bonds. The van der Waals surface area contributed by atoms with Crippen molar-refractivity contribution in [2.75, 3.05) is 12.3 Å². The lowest BCUT2D eigenvalue weighted by Crippen LogP contribution is -2.29. The SMILES string of the molecule is CC1(CNS(=O)(=O)c2c(Cl)cc(N)cc2Cl)CC1. The number of nitrogen functional groups attached to an aromatic ring is 1. The maximum absolute atomic E-state index is 12.1. The number of nitrogens with one attached hydrogen (secondary N) is 1. The standard InChI is InChI=1S/C11H14Cl2N2O2S/c1-11(2-3-11)6-15-18(16,17)10-8(12)4-7(14)5-9(10)13/h4-5,15H,2-3,6,14H2,1H3. The molecule has 3 N–H and O–H groups in total. The van der Waals surface area contributed by atoms with Gasteiger partial charge in [0.05, 0.1) is 10.0 Å². The summed E-state index contributed by atoms with van der Waals surface area (Å²) in [4.78, 5) is -0.107. The normalized spacial score (nSPS) is 17.7. The van der Waals surface area contributed by atoms with Gasteiger partial charge >= 0.3 is 0 Å². The average molecular weight is 309 g/mol. The van der Waals surface area contributed by atoms with Crippen LogP contribution in [0.5, 0.6) is 0 Å². The van der Waals surface area contributed by atoms with E-state index in [1.807, 2.05) is 6.92 Å². The van der Waals surface area contributed by atoms with Crippen LogP contribution in [-0.2, 0) is 10.0 Å². The molecule has 0 saturated heterocycles. The molecular formula is C11H14Cl2N2O2S. The van der Waals surface area contributed by atoms with Gasteiger partial charge in [0.2, 0.25) is 10.0 Å². The van der Waals surface area contributed by atoms with Crippen LogP contribution in [0.1, 0.15) is 19.8 Å². The van der Waals surface area contributed by atoms with Crippen LogP contribution in [0.3, 0.4) is 0 Å². The Labute approximate surface area is 117 Å². The summed E-state index contributed by atoms with van der Waals surface area (Å²) in [6.45, 7) is 2.42. The molecule has 0 radical (unpaired) electrons. The van der Waals surface area contributed by atoms with Gasteiger partial charge in [0.15, 0.2) is 0 Å². The molecule has 0 bridgehead atoms. The zero-order chi connectivity index (χ0) is 13.6. The molecular weight excluding hydrogens is 295 g/mol. The zero-order valence-electron chi connectivity index (χ0n) is 9.83. The molecule has 0 aromatic heterocycles. The van der Waals surface area contributed by atoms with E-state index in [-0.39, 0.29) is 20.4 Å². The first-order valence-electron chi connectivity index (χ1n) is 5.48. The van der Waals surface area contributed by atoms with Crippen molar-refractivity contribution in [1.82, 2.24) is 4.72 Å². The molecule has 1 aliphatic carbocycles. The summed E-state index contributed by atoms with van der Waals surface area (Å²) in [6.07, 6.45) is 2.05. The minimum Gasteiger partial charge on any atom is -0.399 e. The van der Waals surface area contributed by atoms with Crippen molar-refractivity contribution < 1.29 is 8.42 Å². The fraction of sp³-hybridized carbons (Fsp3) is 0.455. The van der Waals surface area contributed by atoms with Gasteiger partial charge in [0.1, 0.15) is 4.90 Å². The van der Waals surface area contributed by atoms with E-state index in [2.05, 4.69) is 4.72 Å². The zero-order valence-corrected chi connectivity index (χ0v) is 12.2. The Bertz CT molecular complexity index is 560. The molecule has 0 spiro atoms. The molecule has 7 heteroatoms. The maximum atomic E-state index is 12.1. The van der Waals surface area contributed by atoms with Crippen LogP contribution in [0.4, 0.5) is 5.69 Å².